The standard InChI is InChI=1S/C16H30N2O/c1-10(7-8-16(2,3)4)18-15(19)13-11-5-6-12(9-11)14(13)17/h10-14H,5-9,17H2,1-4H3,(H,18,19). The summed E-state index contributed by atoms with van der Waals surface area (Å²) in [7, 11) is 0. The van der Waals surface area contributed by atoms with Crippen LogP contribution in [0, 0.1) is 23.2 Å². The molecule has 3 N–H and O–H groups in total. The molecule has 0 saturated heterocycles. The van der Waals surface area contributed by atoms with Gasteiger partial charge in [0.2, 0.25) is 5.91 Å². The van der Waals surface area contributed by atoms with E-state index >= 15 is 0 Å². The summed E-state index contributed by atoms with van der Waals surface area (Å²) < 4.78 is 0. The van der Waals surface area contributed by atoms with Crippen LogP contribution in [0.4, 0.5) is 0 Å². The molecular formula is C16H30N2O. The lowest BCUT2D eigenvalue weighted by molar-refractivity contribution is -0.127. The van der Waals surface area contributed by atoms with E-state index in [0.717, 1.165) is 12.8 Å². The van der Waals surface area contributed by atoms with E-state index in [1.165, 1.54) is 19.3 Å². The van der Waals surface area contributed by atoms with Crippen LogP contribution in [0.3, 0.4) is 0 Å². The molecule has 0 aromatic heterocycles. The molecule has 0 aliphatic heterocycles. The van der Waals surface area contributed by atoms with Gasteiger partial charge in [0.15, 0.2) is 0 Å². The Morgan fingerprint density at radius 2 is 1.95 bits per heavy atom. The Kier molecular flexibility index (Phi) is 4.24. The van der Waals surface area contributed by atoms with Crippen molar-refractivity contribution in [2.45, 2.75) is 71.9 Å². The molecule has 3 nitrogen and oxygen atoms in total. The third-order valence-electron chi connectivity index (χ3n) is 5.00. The normalized spacial score (nSPS) is 35.4. The zero-order valence-corrected chi connectivity index (χ0v) is 12.9. The fraction of sp³-hybridized carbons (Fsp3) is 0.938. The second-order valence-electron chi connectivity index (χ2n) is 7.95. The molecule has 3 heteroatoms. The number of fused-ring (bicyclic) bond motifs is 2. The molecule has 2 saturated carbocycles. The molecule has 2 bridgehead atoms. The molecule has 1 amide bonds. The van der Waals surface area contributed by atoms with Gasteiger partial charge >= 0.3 is 0 Å². The molecule has 0 aromatic carbocycles. The van der Waals surface area contributed by atoms with Crippen molar-refractivity contribution in [1.82, 2.24) is 5.32 Å². The number of rotatable bonds is 4. The van der Waals surface area contributed by atoms with E-state index in [2.05, 4.69) is 33.0 Å². The number of carbonyl (C=O) groups is 1. The van der Waals surface area contributed by atoms with Gasteiger partial charge in [0.05, 0.1) is 5.92 Å². The molecule has 0 spiro atoms. The Morgan fingerprint density at radius 1 is 1.32 bits per heavy atom. The average Bonchev–Trinajstić information content (AvgIpc) is 2.85. The summed E-state index contributed by atoms with van der Waals surface area (Å²) in [5, 5.41) is 3.19. The third kappa shape index (κ3) is 3.50. The average molecular weight is 266 g/mol. The minimum absolute atomic E-state index is 0.0795. The van der Waals surface area contributed by atoms with E-state index in [1.807, 2.05) is 0 Å². The number of hydrogen-bond acceptors (Lipinski definition) is 2. The second kappa shape index (κ2) is 5.43. The van der Waals surface area contributed by atoms with Gasteiger partial charge in [-0.3, -0.25) is 4.79 Å². The summed E-state index contributed by atoms with van der Waals surface area (Å²) in [6.45, 7) is 8.84. The lowest BCUT2D eigenvalue weighted by Crippen LogP contribution is -2.47. The molecule has 2 aliphatic rings. The molecule has 19 heavy (non-hydrogen) atoms. The van der Waals surface area contributed by atoms with Gasteiger partial charge in [-0.1, -0.05) is 20.8 Å². The zero-order chi connectivity index (χ0) is 14.2. The van der Waals surface area contributed by atoms with Gasteiger partial charge in [0.25, 0.3) is 0 Å². The molecule has 110 valence electrons. The van der Waals surface area contributed by atoms with Crippen LogP contribution in [0.1, 0.15) is 59.8 Å². The largest absolute Gasteiger partial charge is 0.353 e. The Balaban J connectivity index is 1.81. The molecule has 0 radical (unpaired) electrons. The van der Waals surface area contributed by atoms with Crippen LogP contribution < -0.4 is 11.1 Å². The first kappa shape index (κ1) is 14.8. The number of amides is 1. The van der Waals surface area contributed by atoms with Gasteiger partial charge in [0, 0.05) is 12.1 Å². The van der Waals surface area contributed by atoms with Crippen molar-refractivity contribution in [2.75, 3.05) is 0 Å². The monoisotopic (exact) mass is 266 g/mol. The second-order valence-corrected chi connectivity index (χ2v) is 7.95. The summed E-state index contributed by atoms with van der Waals surface area (Å²) in [6.07, 6.45) is 5.79. The Bertz CT molecular complexity index is 332. The Hall–Kier alpha value is -0.570. The predicted molar refractivity (Wildman–Crippen MR) is 78.6 cm³/mol. The highest BCUT2D eigenvalue weighted by molar-refractivity contribution is 5.80. The first-order valence-corrected chi connectivity index (χ1v) is 7.84. The topological polar surface area (TPSA) is 55.1 Å². The number of nitrogens with one attached hydrogen (secondary N) is 1. The summed E-state index contributed by atoms with van der Waals surface area (Å²) in [6, 6.07) is 0.367. The number of nitrogens with two attached hydrogens (primary N) is 1. The van der Waals surface area contributed by atoms with E-state index in [-0.39, 0.29) is 23.9 Å². The van der Waals surface area contributed by atoms with Crippen LogP contribution in [0.25, 0.3) is 0 Å². The summed E-state index contributed by atoms with van der Waals surface area (Å²) in [5.74, 6) is 1.44. The summed E-state index contributed by atoms with van der Waals surface area (Å²) >= 11 is 0. The van der Waals surface area contributed by atoms with Gasteiger partial charge in [-0.15, -0.1) is 0 Å². The maximum absolute atomic E-state index is 12.4. The zero-order valence-electron chi connectivity index (χ0n) is 12.9. The SMILES string of the molecule is CC(CCC(C)(C)C)NC(=O)C1C2CCC(C2)C1N. The van der Waals surface area contributed by atoms with Crippen LogP contribution in [0.5, 0.6) is 0 Å². The van der Waals surface area contributed by atoms with Crippen molar-refractivity contribution >= 4 is 5.91 Å². The van der Waals surface area contributed by atoms with Crippen molar-refractivity contribution in [3.8, 4) is 0 Å². The van der Waals surface area contributed by atoms with Crippen LogP contribution >= 0.6 is 0 Å². The highest BCUT2D eigenvalue weighted by Gasteiger charge is 2.49. The highest BCUT2D eigenvalue weighted by atomic mass is 16.2. The molecule has 0 heterocycles. The van der Waals surface area contributed by atoms with Gasteiger partial charge in [-0.25, -0.2) is 0 Å². The maximum Gasteiger partial charge on any atom is 0.225 e. The van der Waals surface area contributed by atoms with Gasteiger partial charge in [-0.2, -0.15) is 0 Å². The van der Waals surface area contributed by atoms with Crippen molar-refractivity contribution in [3.63, 3.8) is 0 Å². The van der Waals surface area contributed by atoms with E-state index in [9.17, 15) is 4.79 Å². The molecule has 5 atom stereocenters. The summed E-state index contributed by atoms with van der Waals surface area (Å²) in [5.41, 5.74) is 6.56. The van der Waals surface area contributed by atoms with Crippen molar-refractivity contribution < 1.29 is 4.79 Å². The van der Waals surface area contributed by atoms with Crippen LogP contribution in [-0.2, 0) is 4.79 Å². The van der Waals surface area contributed by atoms with Gasteiger partial charge < -0.3 is 11.1 Å². The highest BCUT2D eigenvalue weighted by Crippen LogP contribution is 2.47. The van der Waals surface area contributed by atoms with Crippen LogP contribution in [-0.4, -0.2) is 18.0 Å². The molecule has 2 aliphatic carbocycles. The van der Waals surface area contributed by atoms with E-state index in [4.69, 9.17) is 5.73 Å². The molecule has 0 aromatic rings. The maximum atomic E-state index is 12.4. The lowest BCUT2D eigenvalue weighted by Gasteiger charge is -2.29. The first-order chi connectivity index (χ1) is 8.78. The third-order valence-corrected chi connectivity index (χ3v) is 5.00. The first-order valence-electron chi connectivity index (χ1n) is 7.84. The van der Waals surface area contributed by atoms with Crippen molar-refractivity contribution in [1.29, 1.82) is 0 Å². The van der Waals surface area contributed by atoms with Crippen molar-refractivity contribution in [2.24, 2.45) is 28.9 Å². The predicted octanol–water partition coefficient (Wildman–Crippen LogP) is 2.69. The van der Waals surface area contributed by atoms with Crippen LogP contribution in [0.15, 0.2) is 0 Å². The quantitative estimate of drug-likeness (QED) is 0.822. The minimum Gasteiger partial charge on any atom is -0.353 e. The van der Waals surface area contributed by atoms with E-state index in [1.54, 1.807) is 0 Å². The fourth-order valence-corrected chi connectivity index (χ4v) is 3.79. The van der Waals surface area contributed by atoms with Gasteiger partial charge in [0.1, 0.15) is 0 Å². The summed E-state index contributed by atoms with van der Waals surface area (Å²) in [4.78, 5) is 12.4. The lowest BCUT2D eigenvalue weighted by atomic mass is 9.84. The molecular weight excluding hydrogens is 236 g/mol. The fourth-order valence-electron chi connectivity index (χ4n) is 3.79. The van der Waals surface area contributed by atoms with Gasteiger partial charge in [-0.05, 0) is 56.3 Å². The Morgan fingerprint density at radius 3 is 2.47 bits per heavy atom. The molecule has 2 rings (SSSR count). The molecule has 2 fully saturated rings. The van der Waals surface area contributed by atoms with Crippen molar-refractivity contribution in [3.05, 3.63) is 0 Å². The van der Waals surface area contributed by atoms with E-state index < -0.39 is 0 Å². The molecule has 5 unspecified atom stereocenters. The number of hydrogen-bond donors (Lipinski definition) is 2. The van der Waals surface area contributed by atoms with E-state index in [0.29, 0.717) is 17.3 Å². The smallest absolute Gasteiger partial charge is 0.225 e. The minimum atomic E-state index is 0.0795. The Labute approximate surface area is 117 Å². The number of carbonyl (C=O) groups excluding carboxylic acids is 1. The van der Waals surface area contributed by atoms with Crippen LogP contribution in [0.2, 0.25) is 0 Å².